The molecule has 0 spiro atoms. The van der Waals surface area contributed by atoms with Crippen LogP contribution in [0.5, 0.6) is 0 Å². The highest BCUT2D eigenvalue weighted by molar-refractivity contribution is 6.06. The highest BCUT2D eigenvalue weighted by Crippen LogP contribution is 2.18. The molecule has 8 nitrogen and oxygen atoms in total. The molecule has 23 heavy (non-hydrogen) atoms. The Bertz CT molecular complexity index is 439. The number of esters is 2. The van der Waals surface area contributed by atoms with Gasteiger partial charge in [-0.15, -0.1) is 0 Å². The molecule has 0 heterocycles. The number of ketones is 2. The molecule has 0 aliphatic rings. The standard InChI is InChI=1S/C8H14O4.C7H12O4/c1-5-8(12-4,6(2)9)7(10)11-3;1-5(8)7(2,11-4)6(9)10-3/h5H2,1-4H3;1-4H3. The molecule has 0 radical (unpaired) electrons. The topological polar surface area (TPSA) is 105 Å². The number of carbonyl (C=O) groups excluding carboxylic acids is 4. The van der Waals surface area contributed by atoms with Crippen LogP contribution in [0.3, 0.4) is 0 Å². The number of ether oxygens (including phenoxy) is 4. The number of hydrogen-bond donors (Lipinski definition) is 0. The van der Waals surface area contributed by atoms with E-state index >= 15 is 0 Å². The lowest BCUT2D eigenvalue weighted by Gasteiger charge is -2.24. The van der Waals surface area contributed by atoms with Crippen LogP contribution in [0.4, 0.5) is 0 Å². The fraction of sp³-hybridized carbons (Fsp3) is 0.733. The lowest BCUT2D eigenvalue weighted by molar-refractivity contribution is -0.171. The van der Waals surface area contributed by atoms with Gasteiger partial charge in [-0.2, -0.15) is 0 Å². The van der Waals surface area contributed by atoms with Crippen molar-refractivity contribution in [3.8, 4) is 0 Å². The van der Waals surface area contributed by atoms with Crippen LogP contribution in [0.25, 0.3) is 0 Å². The SMILES string of the molecule is CCC(OC)(C(C)=O)C(=O)OC.COC(=O)C(C)(OC)C(C)=O. The van der Waals surface area contributed by atoms with Crippen LogP contribution in [0.1, 0.15) is 34.1 Å². The van der Waals surface area contributed by atoms with Gasteiger partial charge in [-0.3, -0.25) is 9.59 Å². The van der Waals surface area contributed by atoms with Gasteiger partial charge in [0.05, 0.1) is 14.2 Å². The minimum absolute atomic E-state index is 0.283. The summed E-state index contributed by atoms with van der Waals surface area (Å²) in [6.07, 6.45) is 0.283. The highest BCUT2D eigenvalue weighted by Gasteiger charge is 2.43. The zero-order valence-electron chi connectivity index (χ0n) is 15.0. The minimum Gasteiger partial charge on any atom is -0.467 e. The second kappa shape index (κ2) is 10.1. The fourth-order valence-electron chi connectivity index (χ4n) is 1.64. The van der Waals surface area contributed by atoms with Gasteiger partial charge >= 0.3 is 11.9 Å². The molecule has 0 rings (SSSR count). The van der Waals surface area contributed by atoms with Crippen LogP contribution in [-0.4, -0.2) is 63.1 Å². The second-order valence-corrected chi connectivity index (χ2v) is 4.72. The average molecular weight is 334 g/mol. The zero-order valence-corrected chi connectivity index (χ0v) is 15.0. The molecule has 0 aromatic rings. The molecule has 2 unspecified atom stereocenters. The van der Waals surface area contributed by atoms with E-state index in [4.69, 9.17) is 9.47 Å². The van der Waals surface area contributed by atoms with Gasteiger partial charge in [0, 0.05) is 14.2 Å². The second-order valence-electron chi connectivity index (χ2n) is 4.72. The van der Waals surface area contributed by atoms with E-state index in [2.05, 4.69) is 9.47 Å². The molecule has 0 aromatic carbocycles. The summed E-state index contributed by atoms with van der Waals surface area (Å²) in [7, 11) is 5.05. The first kappa shape index (κ1) is 23.5. The van der Waals surface area contributed by atoms with Crippen LogP contribution >= 0.6 is 0 Å². The number of methoxy groups -OCH3 is 4. The van der Waals surface area contributed by atoms with Gasteiger partial charge in [0.2, 0.25) is 11.2 Å². The third-order valence-corrected chi connectivity index (χ3v) is 3.59. The molecule has 0 saturated heterocycles. The summed E-state index contributed by atoms with van der Waals surface area (Å²) in [5.74, 6) is -2.02. The molecule has 0 fully saturated rings. The van der Waals surface area contributed by atoms with Crippen molar-refractivity contribution >= 4 is 23.5 Å². The van der Waals surface area contributed by atoms with Gasteiger partial charge < -0.3 is 18.9 Å². The van der Waals surface area contributed by atoms with Crippen LogP contribution in [-0.2, 0) is 38.1 Å². The van der Waals surface area contributed by atoms with Crippen molar-refractivity contribution in [3.63, 3.8) is 0 Å². The number of Topliss-reactive ketones (excluding diaryl/α,β-unsaturated/α-hetero) is 2. The quantitative estimate of drug-likeness (QED) is 0.495. The molecule has 0 aliphatic carbocycles. The van der Waals surface area contributed by atoms with E-state index in [1.54, 1.807) is 6.92 Å². The number of rotatable bonds is 7. The molecular formula is C15H26O8. The molecule has 0 N–H and O–H groups in total. The Hall–Kier alpha value is -1.80. The molecule has 0 saturated carbocycles. The Kier molecular flexibility index (Phi) is 10.3. The van der Waals surface area contributed by atoms with E-state index in [1.165, 1.54) is 49.2 Å². The van der Waals surface area contributed by atoms with Gasteiger partial charge in [-0.1, -0.05) is 6.92 Å². The maximum Gasteiger partial charge on any atom is 0.345 e. The van der Waals surface area contributed by atoms with Crippen molar-refractivity contribution in [2.45, 2.75) is 45.3 Å². The largest absolute Gasteiger partial charge is 0.467 e. The van der Waals surface area contributed by atoms with Crippen LogP contribution < -0.4 is 0 Å². The van der Waals surface area contributed by atoms with Crippen molar-refractivity contribution < 1.29 is 38.1 Å². The molecule has 0 aromatic heterocycles. The maximum atomic E-state index is 11.2. The predicted octanol–water partition coefficient (Wildman–Crippen LogP) is 0.697. The summed E-state index contributed by atoms with van der Waals surface area (Å²) in [6.45, 7) is 5.66. The first-order valence-electron chi connectivity index (χ1n) is 6.83. The summed E-state index contributed by atoms with van der Waals surface area (Å²) in [4.78, 5) is 44.1. The summed E-state index contributed by atoms with van der Waals surface area (Å²) < 4.78 is 18.5. The van der Waals surface area contributed by atoms with Gasteiger partial charge in [0.15, 0.2) is 11.6 Å². The Morgan fingerprint density at radius 3 is 1.30 bits per heavy atom. The smallest absolute Gasteiger partial charge is 0.345 e. The number of hydrogen-bond acceptors (Lipinski definition) is 8. The highest BCUT2D eigenvalue weighted by atomic mass is 16.6. The Morgan fingerprint density at radius 2 is 1.22 bits per heavy atom. The fourth-order valence-corrected chi connectivity index (χ4v) is 1.64. The van der Waals surface area contributed by atoms with Crippen LogP contribution in [0.15, 0.2) is 0 Å². The van der Waals surface area contributed by atoms with Gasteiger partial charge in [0.1, 0.15) is 0 Å². The molecule has 0 aliphatic heterocycles. The third kappa shape index (κ3) is 5.40. The lowest BCUT2D eigenvalue weighted by Crippen LogP contribution is -2.47. The van der Waals surface area contributed by atoms with Crippen molar-refractivity contribution in [2.24, 2.45) is 0 Å². The first-order chi connectivity index (χ1) is 10.5. The molecule has 0 bridgehead atoms. The monoisotopic (exact) mass is 334 g/mol. The van der Waals surface area contributed by atoms with E-state index in [9.17, 15) is 19.2 Å². The lowest BCUT2D eigenvalue weighted by atomic mass is 9.96. The van der Waals surface area contributed by atoms with Gasteiger partial charge in [-0.25, -0.2) is 9.59 Å². The molecule has 2 atom stereocenters. The van der Waals surface area contributed by atoms with Crippen LogP contribution in [0.2, 0.25) is 0 Å². The van der Waals surface area contributed by atoms with E-state index in [0.717, 1.165) is 0 Å². The Balaban J connectivity index is 0. The van der Waals surface area contributed by atoms with E-state index in [0.29, 0.717) is 0 Å². The van der Waals surface area contributed by atoms with Crippen molar-refractivity contribution in [2.75, 3.05) is 28.4 Å². The van der Waals surface area contributed by atoms with Gasteiger partial charge in [0.25, 0.3) is 0 Å². The van der Waals surface area contributed by atoms with E-state index in [-0.39, 0.29) is 18.0 Å². The van der Waals surface area contributed by atoms with Crippen molar-refractivity contribution in [1.82, 2.24) is 0 Å². The third-order valence-electron chi connectivity index (χ3n) is 3.59. The maximum absolute atomic E-state index is 11.2. The number of carbonyl (C=O) groups is 4. The molecular weight excluding hydrogens is 308 g/mol. The predicted molar refractivity (Wildman–Crippen MR) is 80.8 cm³/mol. The van der Waals surface area contributed by atoms with E-state index in [1.807, 2.05) is 0 Å². The van der Waals surface area contributed by atoms with E-state index < -0.39 is 23.1 Å². The molecule has 0 amide bonds. The van der Waals surface area contributed by atoms with Gasteiger partial charge in [-0.05, 0) is 27.2 Å². The normalized spacial score (nSPS) is 15.1. The average Bonchev–Trinajstić information content (AvgIpc) is 2.54. The zero-order chi connectivity index (χ0) is 18.8. The van der Waals surface area contributed by atoms with Crippen molar-refractivity contribution in [3.05, 3.63) is 0 Å². The molecule has 8 heteroatoms. The Morgan fingerprint density at radius 1 is 0.783 bits per heavy atom. The summed E-state index contributed by atoms with van der Waals surface area (Å²) in [5, 5.41) is 0. The van der Waals surface area contributed by atoms with Crippen LogP contribution in [0, 0.1) is 0 Å². The summed E-state index contributed by atoms with van der Waals surface area (Å²) >= 11 is 0. The summed E-state index contributed by atoms with van der Waals surface area (Å²) in [5.41, 5.74) is -2.86. The summed E-state index contributed by atoms with van der Waals surface area (Å²) in [6, 6.07) is 0. The first-order valence-corrected chi connectivity index (χ1v) is 6.83. The molecule has 134 valence electrons. The Labute approximate surface area is 136 Å². The van der Waals surface area contributed by atoms with Crippen molar-refractivity contribution in [1.29, 1.82) is 0 Å². The minimum atomic E-state index is -1.45.